The van der Waals surface area contributed by atoms with Gasteiger partial charge in [-0.15, -0.1) is 0 Å². The number of hydrogen-bond acceptors (Lipinski definition) is 4. The number of aliphatic carboxylic acids is 1. The summed E-state index contributed by atoms with van der Waals surface area (Å²) in [5.74, 6) is -1.28. The Morgan fingerprint density at radius 1 is 1.29 bits per heavy atom. The molecule has 0 aromatic rings. The van der Waals surface area contributed by atoms with Crippen molar-refractivity contribution in [1.82, 2.24) is 5.32 Å². The number of esters is 1. The van der Waals surface area contributed by atoms with Gasteiger partial charge in [0, 0.05) is 13.1 Å². The minimum atomic E-state index is -0.917. The van der Waals surface area contributed by atoms with Crippen LogP contribution in [0.25, 0.3) is 0 Å². The van der Waals surface area contributed by atoms with Gasteiger partial charge in [-0.2, -0.15) is 0 Å². The molecule has 0 aromatic carbocycles. The Morgan fingerprint density at radius 2 is 1.86 bits per heavy atom. The first-order chi connectivity index (χ1) is 6.59. The molecule has 0 bridgehead atoms. The van der Waals surface area contributed by atoms with Gasteiger partial charge in [-0.05, 0) is 12.8 Å². The van der Waals surface area contributed by atoms with Gasteiger partial charge < -0.3 is 15.2 Å². The summed E-state index contributed by atoms with van der Waals surface area (Å²) in [5.41, 5.74) is -1.73. The fourth-order valence-corrected chi connectivity index (χ4v) is 2.69. The van der Waals surface area contributed by atoms with Crippen molar-refractivity contribution in [2.24, 2.45) is 10.8 Å². The van der Waals surface area contributed by atoms with E-state index in [0.29, 0.717) is 25.9 Å². The fraction of sp³-hybridized carbons (Fsp3) is 0.778. The lowest BCUT2D eigenvalue weighted by Gasteiger charge is -2.48. The van der Waals surface area contributed by atoms with Gasteiger partial charge in [0.15, 0.2) is 0 Å². The van der Waals surface area contributed by atoms with Crippen LogP contribution in [0.15, 0.2) is 0 Å². The summed E-state index contributed by atoms with van der Waals surface area (Å²) in [5, 5.41) is 12.1. The van der Waals surface area contributed by atoms with Crippen LogP contribution in [0.3, 0.4) is 0 Å². The number of methoxy groups -OCH3 is 1. The number of rotatable bonds is 2. The summed E-state index contributed by atoms with van der Waals surface area (Å²) in [7, 11) is 1.31. The lowest BCUT2D eigenvalue weighted by Crippen LogP contribution is -2.59. The lowest BCUT2D eigenvalue weighted by atomic mass is 9.51. The normalized spacial score (nSPS) is 39.8. The number of carboxylic acid groups (broad SMARTS) is 1. The SMILES string of the molecule is COC(=O)[C@]12CC[C@@]1(C(=O)O)CNC2. The van der Waals surface area contributed by atoms with E-state index >= 15 is 0 Å². The number of carbonyl (C=O) groups excluding carboxylic acids is 1. The van der Waals surface area contributed by atoms with E-state index in [-0.39, 0.29) is 0 Å². The zero-order chi connectivity index (χ0) is 10.4. The molecule has 0 aromatic heterocycles. The van der Waals surface area contributed by atoms with Crippen LogP contribution >= 0.6 is 0 Å². The third-order valence-electron chi connectivity index (χ3n) is 3.73. The fourth-order valence-electron chi connectivity index (χ4n) is 2.69. The van der Waals surface area contributed by atoms with E-state index in [1.807, 2.05) is 0 Å². The molecule has 78 valence electrons. The maximum atomic E-state index is 11.6. The van der Waals surface area contributed by atoms with Crippen molar-refractivity contribution < 1.29 is 19.4 Å². The highest BCUT2D eigenvalue weighted by atomic mass is 16.5. The molecule has 1 saturated heterocycles. The Labute approximate surface area is 81.4 Å². The molecule has 0 unspecified atom stereocenters. The minimum absolute atomic E-state index is 0.372. The summed E-state index contributed by atoms with van der Waals surface area (Å²) >= 11 is 0. The molecule has 1 aliphatic heterocycles. The molecule has 0 amide bonds. The highest BCUT2D eigenvalue weighted by Crippen LogP contribution is 2.59. The molecule has 2 atom stereocenters. The van der Waals surface area contributed by atoms with Crippen LogP contribution in [0, 0.1) is 10.8 Å². The van der Waals surface area contributed by atoms with Gasteiger partial charge in [0.2, 0.25) is 0 Å². The molecular weight excluding hydrogens is 186 g/mol. The Morgan fingerprint density at radius 3 is 2.29 bits per heavy atom. The van der Waals surface area contributed by atoms with Crippen molar-refractivity contribution in [3.8, 4) is 0 Å². The molecule has 5 heteroatoms. The first kappa shape index (κ1) is 9.45. The summed E-state index contributed by atoms with van der Waals surface area (Å²) in [6, 6.07) is 0. The highest BCUT2D eigenvalue weighted by molar-refractivity contribution is 5.91. The largest absolute Gasteiger partial charge is 0.481 e. The van der Waals surface area contributed by atoms with E-state index in [4.69, 9.17) is 9.84 Å². The van der Waals surface area contributed by atoms with Crippen LogP contribution < -0.4 is 5.32 Å². The molecule has 2 fully saturated rings. The molecule has 5 nitrogen and oxygen atoms in total. The van der Waals surface area contributed by atoms with E-state index < -0.39 is 22.8 Å². The quantitative estimate of drug-likeness (QED) is 0.592. The van der Waals surface area contributed by atoms with Crippen molar-refractivity contribution in [3.05, 3.63) is 0 Å². The van der Waals surface area contributed by atoms with Crippen molar-refractivity contribution >= 4 is 11.9 Å². The molecule has 2 aliphatic rings. The number of fused-ring (bicyclic) bond motifs is 1. The van der Waals surface area contributed by atoms with Crippen LogP contribution in [-0.4, -0.2) is 37.2 Å². The second-order valence-corrected chi connectivity index (χ2v) is 4.06. The topological polar surface area (TPSA) is 75.6 Å². The summed E-state index contributed by atoms with van der Waals surface area (Å²) < 4.78 is 4.69. The second kappa shape index (κ2) is 2.70. The van der Waals surface area contributed by atoms with Crippen molar-refractivity contribution in [3.63, 3.8) is 0 Å². The molecule has 2 rings (SSSR count). The molecule has 14 heavy (non-hydrogen) atoms. The molecule has 0 radical (unpaired) electrons. The van der Waals surface area contributed by atoms with Crippen LogP contribution in [0.5, 0.6) is 0 Å². The Kier molecular flexibility index (Phi) is 1.82. The van der Waals surface area contributed by atoms with E-state index in [1.165, 1.54) is 7.11 Å². The van der Waals surface area contributed by atoms with Gasteiger partial charge >= 0.3 is 11.9 Å². The van der Waals surface area contributed by atoms with Crippen molar-refractivity contribution in [2.45, 2.75) is 12.8 Å². The molecule has 2 N–H and O–H groups in total. The van der Waals surface area contributed by atoms with Crippen molar-refractivity contribution in [1.29, 1.82) is 0 Å². The highest BCUT2D eigenvalue weighted by Gasteiger charge is 2.71. The van der Waals surface area contributed by atoms with E-state index in [2.05, 4.69) is 5.32 Å². The molecule has 1 saturated carbocycles. The van der Waals surface area contributed by atoms with Gasteiger partial charge in [-0.25, -0.2) is 0 Å². The third kappa shape index (κ3) is 0.785. The zero-order valence-electron chi connectivity index (χ0n) is 8.00. The van der Waals surface area contributed by atoms with Crippen LogP contribution in [0.4, 0.5) is 0 Å². The maximum Gasteiger partial charge on any atom is 0.314 e. The minimum Gasteiger partial charge on any atom is -0.481 e. The van der Waals surface area contributed by atoms with Crippen LogP contribution in [0.1, 0.15) is 12.8 Å². The second-order valence-electron chi connectivity index (χ2n) is 4.06. The Balaban J connectivity index is 2.36. The third-order valence-corrected chi connectivity index (χ3v) is 3.73. The Bertz CT molecular complexity index is 303. The molecule has 1 aliphatic carbocycles. The monoisotopic (exact) mass is 199 g/mol. The first-order valence-corrected chi connectivity index (χ1v) is 4.62. The maximum absolute atomic E-state index is 11.6. The van der Waals surface area contributed by atoms with Gasteiger partial charge in [0.25, 0.3) is 0 Å². The summed E-state index contributed by atoms with van der Waals surface area (Å²) in [4.78, 5) is 22.7. The predicted octanol–water partition coefficient (Wildman–Crippen LogP) is -0.386. The summed E-state index contributed by atoms with van der Waals surface area (Å²) in [6.07, 6.45) is 1.17. The molecule has 0 spiro atoms. The van der Waals surface area contributed by atoms with Crippen LogP contribution in [-0.2, 0) is 14.3 Å². The van der Waals surface area contributed by atoms with E-state index in [0.717, 1.165) is 0 Å². The first-order valence-electron chi connectivity index (χ1n) is 4.62. The zero-order valence-corrected chi connectivity index (χ0v) is 8.00. The number of ether oxygens (including phenoxy) is 1. The van der Waals surface area contributed by atoms with E-state index in [9.17, 15) is 9.59 Å². The smallest absolute Gasteiger partial charge is 0.314 e. The van der Waals surface area contributed by atoms with Gasteiger partial charge in [-0.3, -0.25) is 9.59 Å². The Hall–Kier alpha value is -1.10. The molecular formula is C9H13NO4. The molecule has 1 heterocycles. The van der Waals surface area contributed by atoms with Crippen molar-refractivity contribution in [2.75, 3.05) is 20.2 Å². The number of carboxylic acids is 1. The number of hydrogen-bond donors (Lipinski definition) is 2. The lowest BCUT2D eigenvalue weighted by molar-refractivity contribution is -0.185. The standard InChI is InChI=1S/C9H13NO4/c1-14-7(13)9-3-2-8(9,6(11)12)4-10-5-9/h10H,2-5H2,1H3,(H,11,12)/t8-,9+/m0/s1. The average Bonchev–Trinajstić information content (AvgIpc) is 2.39. The van der Waals surface area contributed by atoms with E-state index in [1.54, 1.807) is 0 Å². The predicted molar refractivity (Wildman–Crippen MR) is 46.6 cm³/mol. The van der Waals surface area contributed by atoms with Crippen LogP contribution in [0.2, 0.25) is 0 Å². The average molecular weight is 199 g/mol. The number of nitrogens with one attached hydrogen (secondary N) is 1. The number of carbonyl (C=O) groups is 2. The van der Waals surface area contributed by atoms with Gasteiger partial charge in [-0.1, -0.05) is 0 Å². The van der Waals surface area contributed by atoms with Gasteiger partial charge in [0.1, 0.15) is 0 Å². The summed E-state index contributed by atoms with van der Waals surface area (Å²) in [6.45, 7) is 0.795. The van der Waals surface area contributed by atoms with Gasteiger partial charge in [0.05, 0.1) is 17.9 Å².